The first-order valence-corrected chi connectivity index (χ1v) is 11.8. The van der Waals surface area contributed by atoms with Crippen LogP contribution < -0.4 is 15.8 Å². The molecule has 0 spiro atoms. The van der Waals surface area contributed by atoms with E-state index in [-0.39, 0.29) is 18.4 Å². The molecule has 0 saturated heterocycles. The van der Waals surface area contributed by atoms with Gasteiger partial charge >= 0.3 is 12.1 Å². The van der Waals surface area contributed by atoms with Crippen molar-refractivity contribution in [3.8, 4) is 5.75 Å². The second kappa shape index (κ2) is 14.3. The topological polar surface area (TPSA) is 135 Å². The highest BCUT2D eigenvalue weighted by molar-refractivity contribution is 6.31. The van der Waals surface area contributed by atoms with Crippen LogP contribution in [0.1, 0.15) is 42.5 Å². The monoisotopic (exact) mass is 544 g/mol. The predicted octanol–water partition coefficient (Wildman–Crippen LogP) is 4.12. The summed E-state index contributed by atoms with van der Waals surface area (Å²) < 4.78 is 37.5. The molecule has 2 amide bonds. The van der Waals surface area contributed by atoms with Gasteiger partial charge in [-0.2, -0.15) is 13.2 Å². The normalized spacial score (nSPS) is 13.3. The quantitative estimate of drug-likeness (QED) is 0.383. The molecule has 9 nitrogen and oxygen atoms in total. The van der Waals surface area contributed by atoms with E-state index < -0.39 is 18.1 Å². The Morgan fingerprint density at radius 1 is 1.16 bits per heavy atom. The van der Waals surface area contributed by atoms with E-state index in [1.165, 1.54) is 0 Å². The van der Waals surface area contributed by atoms with Gasteiger partial charge in [-0.3, -0.25) is 14.6 Å². The first-order chi connectivity index (χ1) is 17.5. The van der Waals surface area contributed by atoms with E-state index in [1.54, 1.807) is 35.5 Å². The van der Waals surface area contributed by atoms with Gasteiger partial charge in [0.1, 0.15) is 12.4 Å². The SMILES string of the molecule is NC(=O)CCN(C(=O)c1cc(Cl)cc(OCCNc2ccncc2)c1)C1CCCC1.O=C(O)C(F)(F)F. The number of ether oxygens (including phenoxy) is 1. The first-order valence-electron chi connectivity index (χ1n) is 11.4. The third kappa shape index (κ3) is 10.5. The number of nitrogens with zero attached hydrogens (tertiary/aromatic N) is 2. The Balaban J connectivity index is 0.000000604. The second-order valence-corrected chi connectivity index (χ2v) is 8.58. The van der Waals surface area contributed by atoms with E-state index in [0.717, 1.165) is 31.4 Å². The molecule has 4 N–H and O–H groups in total. The van der Waals surface area contributed by atoms with Crippen molar-refractivity contribution in [2.24, 2.45) is 5.73 Å². The maximum absolute atomic E-state index is 13.2. The molecule has 1 aromatic heterocycles. The molecule has 0 bridgehead atoms. The number of carbonyl (C=O) groups excluding carboxylic acids is 2. The number of nitrogens with one attached hydrogen (secondary N) is 1. The van der Waals surface area contributed by atoms with Crippen LogP contribution in [0.5, 0.6) is 5.75 Å². The number of hydrogen-bond donors (Lipinski definition) is 3. The lowest BCUT2D eigenvalue weighted by molar-refractivity contribution is -0.192. The van der Waals surface area contributed by atoms with Crippen LogP contribution in [0, 0.1) is 0 Å². The molecule has 0 radical (unpaired) electrons. The van der Waals surface area contributed by atoms with Gasteiger partial charge in [0.2, 0.25) is 5.91 Å². The molecule has 1 aromatic carbocycles. The van der Waals surface area contributed by atoms with Gasteiger partial charge in [0.25, 0.3) is 5.91 Å². The standard InChI is InChI=1S/C22H27ClN4O3.C2HF3O2/c23-17-13-16(22(29)27(11-7-21(24)28)19-3-1-2-4-19)14-20(15-17)30-12-10-26-18-5-8-25-9-6-18;3-2(4,5)1(6)7/h5-6,8-9,13-15,19H,1-4,7,10-12H2,(H2,24,28)(H,25,26);(H,6,7). The van der Waals surface area contributed by atoms with E-state index in [2.05, 4.69) is 10.3 Å². The number of rotatable bonds is 10. The maximum Gasteiger partial charge on any atom is 0.490 e. The number of carboxylic acids is 1. The lowest BCUT2D eigenvalue weighted by Crippen LogP contribution is -2.40. The lowest BCUT2D eigenvalue weighted by Gasteiger charge is -2.29. The molecule has 202 valence electrons. The van der Waals surface area contributed by atoms with Crippen LogP contribution in [0.2, 0.25) is 5.02 Å². The van der Waals surface area contributed by atoms with Crippen molar-refractivity contribution in [1.29, 1.82) is 0 Å². The molecule has 0 unspecified atom stereocenters. The number of hydrogen-bond acceptors (Lipinski definition) is 6. The number of alkyl halides is 3. The molecule has 2 aromatic rings. The summed E-state index contributed by atoms with van der Waals surface area (Å²) in [6.07, 6.45) is 2.54. The van der Waals surface area contributed by atoms with Crippen molar-refractivity contribution >= 4 is 35.1 Å². The van der Waals surface area contributed by atoms with Gasteiger partial charge in [0.05, 0.1) is 0 Å². The van der Waals surface area contributed by atoms with Gasteiger partial charge < -0.3 is 25.8 Å². The minimum absolute atomic E-state index is 0.129. The highest BCUT2D eigenvalue weighted by Crippen LogP contribution is 2.27. The van der Waals surface area contributed by atoms with Gasteiger partial charge in [-0.25, -0.2) is 4.79 Å². The lowest BCUT2D eigenvalue weighted by atomic mass is 10.1. The predicted molar refractivity (Wildman–Crippen MR) is 130 cm³/mol. The van der Waals surface area contributed by atoms with Crippen LogP contribution in [0.3, 0.4) is 0 Å². The summed E-state index contributed by atoms with van der Waals surface area (Å²) in [6.45, 7) is 1.31. The number of nitrogens with two attached hydrogens (primary N) is 1. The van der Waals surface area contributed by atoms with Gasteiger partial charge in [0, 0.05) is 54.2 Å². The molecular formula is C24H28ClF3N4O5. The van der Waals surface area contributed by atoms with Crippen molar-refractivity contribution in [1.82, 2.24) is 9.88 Å². The van der Waals surface area contributed by atoms with E-state index in [9.17, 15) is 22.8 Å². The van der Waals surface area contributed by atoms with Gasteiger partial charge in [-0.1, -0.05) is 24.4 Å². The van der Waals surface area contributed by atoms with Crippen LogP contribution in [-0.4, -0.2) is 64.7 Å². The fraction of sp³-hybridized carbons (Fsp3) is 0.417. The summed E-state index contributed by atoms with van der Waals surface area (Å²) in [5.74, 6) is -2.79. The Labute approximate surface area is 216 Å². The Hall–Kier alpha value is -3.54. The maximum atomic E-state index is 13.2. The average Bonchev–Trinajstić information content (AvgIpc) is 3.36. The molecule has 1 fully saturated rings. The molecule has 1 aliphatic carbocycles. The molecule has 0 atom stereocenters. The zero-order valence-corrected chi connectivity index (χ0v) is 20.6. The van der Waals surface area contributed by atoms with Crippen LogP contribution in [0.15, 0.2) is 42.7 Å². The van der Waals surface area contributed by atoms with Gasteiger partial charge in [-0.15, -0.1) is 0 Å². The van der Waals surface area contributed by atoms with E-state index in [1.807, 2.05) is 12.1 Å². The smallest absolute Gasteiger partial charge is 0.490 e. The summed E-state index contributed by atoms with van der Waals surface area (Å²) in [4.78, 5) is 39.1. The Bertz CT molecular complexity index is 1050. The van der Waals surface area contributed by atoms with Crippen LogP contribution in [0.25, 0.3) is 0 Å². The molecule has 13 heteroatoms. The summed E-state index contributed by atoms with van der Waals surface area (Å²) in [5.41, 5.74) is 6.72. The third-order valence-electron chi connectivity index (χ3n) is 5.37. The molecule has 0 aliphatic heterocycles. The molecule has 1 heterocycles. The second-order valence-electron chi connectivity index (χ2n) is 8.14. The van der Waals surface area contributed by atoms with Crippen molar-refractivity contribution in [3.63, 3.8) is 0 Å². The Morgan fingerprint density at radius 3 is 2.35 bits per heavy atom. The number of pyridine rings is 1. The van der Waals surface area contributed by atoms with E-state index in [0.29, 0.717) is 36.0 Å². The molecule has 3 rings (SSSR count). The highest BCUT2D eigenvalue weighted by Gasteiger charge is 2.38. The van der Waals surface area contributed by atoms with Crippen molar-refractivity contribution in [2.45, 2.75) is 44.3 Å². The number of aliphatic carboxylic acids is 1. The number of aromatic nitrogens is 1. The zero-order valence-electron chi connectivity index (χ0n) is 19.8. The van der Waals surface area contributed by atoms with Crippen molar-refractivity contribution in [2.75, 3.05) is 25.0 Å². The number of carboxylic acid groups (broad SMARTS) is 1. The number of halogens is 4. The largest absolute Gasteiger partial charge is 0.492 e. The van der Waals surface area contributed by atoms with Crippen LogP contribution in [-0.2, 0) is 9.59 Å². The summed E-state index contributed by atoms with van der Waals surface area (Å²) in [7, 11) is 0. The molecule has 1 aliphatic rings. The number of anilines is 1. The molecular weight excluding hydrogens is 517 g/mol. The number of carbonyl (C=O) groups is 3. The first kappa shape index (κ1) is 29.7. The fourth-order valence-corrected chi connectivity index (χ4v) is 3.89. The summed E-state index contributed by atoms with van der Waals surface area (Å²) in [6, 6.07) is 8.91. The number of benzene rings is 1. The van der Waals surface area contributed by atoms with Crippen LogP contribution >= 0.6 is 11.6 Å². The molecule has 1 saturated carbocycles. The Morgan fingerprint density at radius 2 is 1.78 bits per heavy atom. The summed E-state index contributed by atoms with van der Waals surface area (Å²) >= 11 is 6.25. The Kier molecular flexibility index (Phi) is 11.4. The third-order valence-corrected chi connectivity index (χ3v) is 5.58. The van der Waals surface area contributed by atoms with Crippen molar-refractivity contribution < 1.29 is 37.4 Å². The van der Waals surface area contributed by atoms with Crippen molar-refractivity contribution in [3.05, 3.63) is 53.3 Å². The van der Waals surface area contributed by atoms with Gasteiger partial charge in [-0.05, 0) is 43.2 Å². The minimum atomic E-state index is -5.08. The fourth-order valence-electron chi connectivity index (χ4n) is 3.67. The van der Waals surface area contributed by atoms with Gasteiger partial charge in [0.15, 0.2) is 0 Å². The zero-order chi connectivity index (χ0) is 27.4. The average molecular weight is 545 g/mol. The van der Waals surface area contributed by atoms with E-state index >= 15 is 0 Å². The number of amides is 2. The minimum Gasteiger partial charge on any atom is -0.492 e. The summed E-state index contributed by atoms with van der Waals surface area (Å²) in [5, 5.41) is 10.8. The number of primary amides is 1. The van der Waals surface area contributed by atoms with Crippen LogP contribution in [0.4, 0.5) is 18.9 Å². The highest BCUT2D eigenvalue weighted by atomic mass is 35.5. The molecule has 37 heavy (non-hydrogen) atoms. The van der Waals surface area contributed by atoms with E-state index in [4.69, 9.17) is 32.0 Å².